The molecule has 0 aliphatic carbocycles. The number of nitrogens with one attached hydrogen (secondary N) is 1. The van der Waals surface area contributed by atoms with Gasteiger partial charge in [0, 0.05) is 25.4 Å². The maximum atomic E-state index is 11.9. The van der Waals surface area contributed by atoms with Crippen LogP contribution in [0.1, 0.15) is 21.9 Å². The summed E-state index contributed by atoms with van der Waals surface area (Å²) in [6, 6.07) is 5.44. The molecular formula is C13H16N4O. The highest BCUT2D eigenvalue weighted by Crippen LogP contribution is 2.23. The Morgan fingerprint density at radius 1 is 1.28 bits per heavy atom. The minimum atomic E-state index is -0.101. The van der Waals surface area contributed by atoms with Gasteiger partial charge in [-0.05, 0) is 26.0 Å². The van der Waals surface area contributed by atoms with Crippen LogP contribution in [0.4, 0.5) is 0 Å². The van der Waals surface area contributed by atoms with E-state index < -0.39 is 0 Å². The molecular weight excluding hydrogens is 228 g/mol. The second-order valence-corrected chi connectivity index (χ2v) is 4.42. The molecule has 0 unspecified atom stereocenters. The largest absolute Gasteiger partial charge is 0.343 e. The highest BCUT2D eigenvalue weighted by atomic mass is 16.2. The number of carbonyl (C=O) groups excluding carboxylic acids is 1. The lowest BCUT2D eigenvalue weighted by atomic mass is 10.1. The van der Waals surface area contributed by atoms with Crippen molar-refractivity contribution in [3.05, 3.63) is 35.3 Å². The van der Waals surface area contributed by atoms with Gasteiger partial charge in [-0.25, -0.2) is 4.98 Å². The van der Waals surface area contributed by atoms with Gasteiger partial charge in [0.1, 0.15) is 5.69 Å². The zero-order valence-corrected chi connectivity index (χ0v) is 11.0. The van der Waals surface area contributed by atoms with E-state index in [0.29, 0.717) is 5.69 Å². The van der Waals surface area contributed by atoms with Crippen LogP contribution in [0.2, 0.25) is 0 Å². The monoisotopic (exact) mass is 244 g/mol. The zero-order chi connectivity index (χ0) is 13.3. The molecule has 1 amide bonds. The first-order valence-electron chi connectivity index (χ1n) is 5.71. The van der Waals surface area contributed by atoms with Crippen molar-refractivity contribution in [1.82, 2.24) is 20.1 Å². The van der Waals surface area contributed by atoms with Gasteiger partial charge in [0.2, 0.25) is 0 Å². The summed E-state index contributed by atoms with van der Waals surface area (Å²) in [5, 5.41) is 7.06. The summed E-state index contributed by atoms with van der Waals surface area (Å²) in [4.78, 5) is 17.8. The van der Waals surface area contributed by atoms with E-state index in [1.807, 2.05) is 26.0 Å². The van der Waals surface area contributed by atoms with Crippen molar-refractivity contribution >= 4 is 5.91 Å². The van der Waals surface area contributed by atoms with Crippen molar-refractivity contribution in [3.8, 4) is 11.3 Å². The van der Waals surface area contributed by atoms with E-state index in [1.165, 1.54) is 4.90 Å². The molecule has 0 bridgehead atoms. The van der Waals surface area contributed by atoms with Crippen LogP contribution in [-0.4, -0.2) is 40.1 Å². The van der Waals surface area contributed by atoms with Gasteiger partial charge in [-0.2, -0.15) is 5.10 Å². The van der Waals surface area contributed by atoms with E-state index >= 15 is 0 Å². The predicted molar refractivity (Wildman–Crippen MR) is 69.3 cm³/mol. The molecule has 18 heavy (non-hydrogen) atoms. The van der Waals surface area contributed by atoms with Crippen LogP contribution in [-0.2, 0) is 0 Å². The van der Waals surface area contributed by atoms with Crippen molar-refractivity contribution in [2.45, 2.75) is 13.8 Å². The smallest absolute Gasteiger partial charge is 0.271 e. The third kappa shape index (κ3) is 2.11. The molecule has 2 aromatic heterocycles. The second kappa shape index (κ2) is 4.60. The van der Waals surface area contributed by atoms with E-state index in [2.05, 4.69) is 15.2 Å². The lowest BCUT2D eigenvalue weighted by Gasteiger charge is -2.10. The summed E-state index contributed by atoms with van der Waals surface area (Å²) >= 11 is 0. The predicted octanol–water partition coefficient (Wildman–Crippen LogP) is 1.79. The van der Waals surface area contributed by atoms with Crippen molar-refractivity contribution in [3.63, 3.8) is 0 Å². The van der Waals surface area contributed by atoms with Gasteiger partial charge in [0.15, 0.2) is 0 Å². The van der Waals surface area contributed by atoms with Crippen LogP contribution >= 0.6 is 0 Å². The Bertz CT molecular complexity index is 567. The topological polar surface area (TPSA) is 61.9 Å². The Hall–Kier alpha value is -2.17. The summed E-state index contributed by atoms with van der Waals surface area (Å²) in [5.41, 5.74) is 4.01. The molecule has 0 atom stereocenters. The number of pyridine rings is 1. The van der Waals surface area contributed by atoms with Crippen molar-refractivity contribution in [2.75, 3.05) is 14.1 Å². The van der Waals surface area contributed by atoms with Crippen LogP contribution in [0.3, 0.4) is 0 Å². The number of rotatable bonds is 2. The van der Waals surface area contributed by atoms with E-state index in [9.17, 15) is 4.79 Å². The molecule has 0 spiro atoms. The fraction of sp³-hybridized carbons (Fsp3) is 0.308. The Labute approximate surface area is 106 Å². The minimum absolute atomic E-state index is 0.101. The van der Waals surface area contributed by atoms with Gasteiger partial charge in [-0.3, -0.25) is 9.89 Å². The Morgan fingerprint density at radius 3 is 2.56 bits per heavy atom. The first kappa shape index (κ1) is 12.3. The van der Waals surface area contributed by atoms with Gasteiger partial charge in [-0.1, -0.05) is 6.07 Å². The fourth-order valence-corrected chi connectivity index (χ4v) is 1.85. The average molecular weight is 244 g/mol. The first-order valence-corrected chi connectivity index (χ1v) is 5.71. The standard InChI is InChI=1S/C13H16N4O/c1-8-12(9(2)16-15-8)10-6-5-7-11(14-10)13(18)17(3)4/h5-7H,1-4H3,(H,15,16). The number of carbonyl (C=O) groups is 1. The van der Waals surface area contributed by atoms with Crippen LogP contribution in [0.15, 0.2) is 18.2 Å². The Morgan fingerprint density at radius 2 is 2.00 bits per heavy atom. The van der Waals surface area contributed by atoms with E-state index in [1.54, 1.807) is 20.2 Å². The van der Waals surface area contributed by atoms with Crippen molar-refractivity contribution in [2.24, 2.45) is 0 Å². The number of aryl methyl sites for hydroxylation is 2. The van der Waals surface area contributed by atoms with E-state index in [4.69, 9.17) is 0 Å². The van der Waals surface area contributed by atoms with Crippen LogP contribution in [0, 0.1) is 13.8 Å². The molecule has 0 aliphatic heterocycles. The molecule has 2 rings (SSSR count). The summed E-state index contributed by atoms with van der Waals surface area (Å²) in [5.74, 6) is -0.101. The maximum Gasteiger partial charge on any atom is 0.271 e. The van der Waals surface area contributed by atoms with E-state index in [0.717, 1.165) is 22.6 Å². The molecule has 0 fully saturated rings. The molecule has 5 heteroatoms. The quantitative estimate of drug-likeness (QED) is 0.876. The van der Waals surface area contributed by atoms with Gasteiger partial charge in [-0.15, -0.1) is 0 Å². The number of hydrogen-bond donors (Lipinski definition) is 1. The maximum absolute atomic E-state index is 11.9. The zero-order valence-electron chi connectivity index (χ0n) is 11.0. The minimum Gasteiger partial charge on any atom is -0.343 e. The third-order valence-corrected chi connectivity index (χ3v) is 2.76. The third-order valence-electron chi connectivity index (χ3n) is 2.76. The molecule has 94 valence electrons. The Balaban J connectivity index is 2.48. The molecule has 0 saturated heterocycles. The molecule has 2 heterocycles. The number of aromatic amines is 1. The van der Waals surface area contributed by atoms with Crippen LogP contribution in [0.5, 0.6) is 0 Å². The molecule has 1 N–H and O–H groups in total. The summed E-state index contributed by atoms with van der Waals surface area (Å²) in [6.45, 7) is 3.86. The molecule has 0 aromatic carbocycles. The molecule has 2 aromatic rings. The molecule has 0 aliphatic rings. The summed E-state index contributed by atoms with van der Waals surface area (Å²) < 4.78 is 0. The first-order chi connectivity index (χ1) is 8.50. The number of amides is 1. The summed E-state index contributed by atoms with van der Waals surface area (Å²) in [7, 11) is 3.43. The summed E-state index contributed by atoms with van der Waals surface area (Å²) in [6.07, 6.45) is 0. The number of hydrogen-bond acceptors (Lipinski definition) is 3. The fourth-order valence-electron chi connectivity index (χ4n) is 1.85. The van der Waals surface area contributed by atoms with E-state index in [-0.39, 0.29) is 5.91 Å². The molecule has 0 radical (unpaired) electrons. The number of nitrogens with zero attached hydrogens (tertiary/aromatic N) is 3. The Kier molecular flexibility index (Phi) is 3.14. The molecule has 5 nitrogen and oxygen atoms in total. The van der Waals surface area contributed by atoms with Crippen molar-refractivity contribution in [1.29, 1.82) is 0 Å². The highest BCUT2D eigenvalue weighted by molar-refractivity contribution is 5.92. The van der Waals surface area contributed by atoms with Crippen LogP contribution in [0.25, 0.3) is 11.3 Å². The van der Waals surface area contributed by atoms with Crippen molar-refractivity contribution < 1.29 is 4.79 Å². The normalized spacial score (nSPS) is 10.4. The van der Waals surface area contributed by atoms with Gasteiger partial charge >= 0.3 is 0 Å². The lowest BCUT2D eigenvalue weighted by Crippen LogP contribution is -2.22. The van der Waals surface area contributed by atoms with Gasteiger partial charge in [0.05, 0.1) is 11.4 Å². The van der Waals surface area contributed by atoms with Gasteiger partial charge in [0.25, 0.3) is 5.91 Å². The lowest BCUT2D eigenvalue weighted by molar-refractivity contribution is 0.0822. The second-order valence-electron chi connectivity index (χ2n) is 4.42. The highest BCUT2D eigenvalue weighted by Gasteiger charge is 2.14. The molecule has 0 saturated carbocycles. The SMILES string of the molecule is Cc1n[nH]c(C)c1-c1cccc(C(=O)N(C)C)n1. The number of H-pyrrole nitrogens is 1. The average Bonchev–Trinajstić information content (AvgIpc) is 2.68. The van der Waals surface area contributed by atoms with Crippen LogP contribution < -0.4 is 0 Å². The van der Waals surface area contributed by atoms with Gasteiger partial charge < -0.3 is 4.90 Å². The number of aromatic nitrogens is 3.